The number of imidazole rings is 1. The second-order valence-corrected chi connectivity index (χ2v) is 8.61. The van der Waals surface area contributed by atoms with Crippen molar-refractivity contribution in [3.05, 3.63) is 12.7 Å². The number of unbranched alkanes of at least 4 members (excludes halogenated alkanes) is 1. The third kappa shape index (κ3) is 6.20. The van der Waals surface area contributed by atoms with Crippen molar-refractivity contribution in [2.24, 2.45) is 11.5 Å². The second kappa shape index (κ2) is 11.2. The van der Waals surface area contributed by atoms with Crippen LogP contribution in [-0.2, 0) is 23.1 Å². The number of aliphatic hydroxyl groups excluding tert-OH is 1. The molecule has 2 aliphatic rings. The van der Waals surface area contributed by atoms with Gasteiger partial charge in [-0.3, -0.25) is 18.4 Å². The molecular formula is C16H28N7O9P. The first-order valence-corrected chi connectivity index (χ1v) is 11.2. The Morgan fingerprint density at radius 3 is 2.73 bits per heavy atom. The van der Waals surface area contributed by atoms with Crippen LogP contribution >= 0.6 is 7.82 Å². The Kier molecular flexibility index (Phi) is 9.19. The van der Waals surface area contributed by atoms with Crippen molar-refractivity contribution in [1.82, 2.24) is 19.5 Å². The number of carboxylic acids is 1. The normalized spacial score (nSPS) is 29.5. The summed E-state index contributed by atoms with van der Waals surface area (Å²) < 4.78 is 28.2. The number of anilines is 1. The number of carbonyl (C=O) groups is 1. The van der Waals surface area contributed by atoms with E-state index in [9.17, 15) is 19.4 Å². The van der Waals surface area contributed by atoms with Crippen molar-refractivity contribution >= 4 is 30.8 Å². The molecule has 0 amide bonds. The number of phosphoric ester groups is 1. The van der Waals surface area contributed by atoms with Crippen LogP contribution in [0, 0.1) is 0 Å². The maximum atomic E-state index is 11.5. The number of ether oxygens (including phenoxy) is 1. The maximum Gasteiger partial charge on any atom is 0.472 e. The van der Waals surface area contributed by atoms with E-state index >= 15 is 0 Å². The maximum absolute atomic E-state index is 11.5. The Morgan fingerprint density at radius 2 is 2.06 bits per heavy atom. The minimum Gasteiger partial charge on any atom is -0.480 e. The van der Waals surface area contributed by atoms with Crippen LogP contribution in [0.3, 0.4) is 0 Å². The monoisotopic (exact) mass is 493 g/mol. The molecule has 2 aliphatic heterocycles. The number of nitrogens with zero attached hydrogens (tertiary/aromatic N) is 4. The molecule has 17 heteroatoms. The van der Waals surface area contributed by atoms with Gasteiger partial charge in [0.2, 0.25) is 0 Å². The molecule has 0 aliphatic carbocycles. The second-order valence-electron chi connectivity index (χ2n) is 7.20. The molecule has 0 aromatic carbocycles. The molecule has 2 aromatic heterocycles. The molecule has 1 unspecified atom stereocenters. The number of rotatable bonds is 6. The largest absolute Gasteiger partial charge is 0.480 e. The fourth-order valence-corrected chi connectivity index (χ4v) is 4.22. The van der Waals surface area contributed by atoms with E-state index in [0.717, 1.165) is 12.8 Å². The van der Waals surface area contributed by atoms with E-state index in [4.69, 9.17) is 31.6 Å². The molecule has 4 heterocycles. The van der Waals surface area contributed by atoms with Crippen LogP contribution in [0.2, 0.25) is 0 Å². The fourth-order valence-electron chi connectivity index (χ4n) is 3.25. The van der Waals surface area contributed by atoms with E-state index in [1.807, 2.05) is 0 Å². The number of nitrogens with two attached hydrogens (primary N) is 3. The predicted molar refractivity (Wildman–Crippen MR) is 112 cm³/mol. The molecule has 6 atom stereocenters. The van der Waals surface area contributed by atoms with Gasteiger partial charge in [-0.25, -0.2) is 19.5 Å². The number of carboxylic acid groups (broad SMARTS) is 1. The number of hydrogen-bond donors (Lipinski definition) is 6. The summed E-state index contributed by atoms with van der Waals surface area (Å²) >= 11 is 0. The van der Waals surface area contributed by atoms with Crippen molar-refractivity contribution in [2.75, 3.05) is 18.9 Å². The first-order valence-electron chi connectivity index (χ1n) is 9.75. The lowest BCUT2D eigenvalue weighted by Crippen LogP contribution is -2.39. The molecule has 11 N–H and O–H groups in total. The summed E-state index contributed by atoms with van der Waals surface area (Å²) in [4.78, 5) is 31.5. The van der Waals surface area contributed by atoms with Crippen molar-refractivity contribution in [3.63, 3.8) is 0 Å². The quantitative estimate of drug-likeness (QED) is 0.185. The number of nitrogen functional groups attached to an aromatic ring is 1. The lowest BCUT2D eigenvalue weighted by molar-refractivity contribution is -0.138. The average Bonchev–Trinajstić information content (AvgIpc) is 3.30. The summed E-state index contributed by atoms with van der Waals surface area (Å²) in [5, 5.41) is 18.7. The van der Waals surface area contributed by atoms with Crippen molar-refractivity contribution < 1.29 is 43.7 Å². The number of aromatic nitrogens is 4. The van der Waals surface area contributed by atoms with Gasteiger partial charge < -0.3 is 42.5 Å². The minimum atomic E-state index is -4.16. The highest BCUT2D eigenvalue weighted by atomic mass is 31.2. The molecule has 0 radical (unpaired) electrons. The standard InChI is InChI=1S/C10H12N5O6P.C6H14N2O2.H2O/c11-8-5-9(13-2-12-8)15(3-14-5)10-6(16)7-4(20-10)1-19-22(17,18)21-7;7-4-2-1-3-5(8)6(9)10;/h2-4,6-7,10,16H,1H2,(H,17,18)(H2,11,12,13);5H,1-4,7-8H2,(H,9,10);1H2/t4-,6-,7-,10-;5-;/m10./s1. The van der Waals surface area contributed by atoms with Gasteiger partial charge in [0.05, 0.1) is 12.9 Å². The molecule has 4 rings (SSSR count). The molecule has 0 saturated carbocycles. The van der Waals surface area contributed by atoms with E-state index in [1.165, 1.54) is 17.2 Å². The summed E-state index contributed by atoms with van der Waals surface area (Å²) in [6.07, 6.45) is 1.10. The Labute approximate surface area is 187 Å². The zero-order valence-electron chi connectivity index (χ0n) is 17.4. The van der Waals surface area contributed by atoms with Crippen LogP contribution < -0.4 is 17.2 Å². The summed E-state index contributed by atoms with van der Waals surface area (Å²) in [6.45, 7) is 0.447. The van der Waals surface area contributed by atoms with Gasteiger partial charge in [0, 0.05) is 0 Å². The summed E-state index contributed by atoms with van der Waals surface area (Å²) in [7, 11) is -4.16. The third-order valence-electron chi connectivity index (χ3n) is 4.91. The smallest absolute Gasteiger partial charge is 0.472 e. The van der Waals surface area contributed by atoms with E-state index in [1.54, 1.807) is 0 Å². The SMILES string of the molecule is NCCCC[C@H](N)C(=O)O.Nc1ncnc2c1ncn2[C@@H]1O[C@@H]2COP(=O)(O)O[C@H]2[C@H]1O.O. The number of hydrogen-bond acceptors (Lipinski definition) is 12. The van der Waals surface area contributed by atoms with Crippen LogP contribution in [0.5, 0.6) is 0 Å². The van der Waals surface area contributed by atoms with Gasteiger partial charge in [-0.15, -0.1) is 0 Å². The molecule has 0 bridgehead atoms. The van der Waals surface area contributed by atoms with Crippen molar-refractivity contribution in [1.29, 1.82) is 0 Å². The molecule has 2 saturated heterocycles. The minimum absolute atomic E-state index is 0. The van der Waals surface area contributed by atoms with E-state index in [0.29, 0.717) is 24.1 Å². The zero-order chi connectivity index (χ0) is 23.5. The summed E-state index contributed by atoms with van der Waals surface area (Å²) in [5.74, 6) is -0.731. The van der Waals surface area contributed by atoms with Crippen LogP contribution in [0.25, 0.3) is 11.2 Å². The van der Waals surface area contributed by atoms with Crippen LogP contribution in [0.15, 0.2) is 12.7 Å². The van der Waals surface area contributed by atoms with Gasteiger partial charge >= 0.3 is 13.8 Å². The number of aliphatic hydroxyl groups is 1. The van der Waals surface area contributed by atoms with Crippen LogP contribution in [-0.4, -0.2) is 83.6 Å². The Hall–Kier alpha value is -2.27. The first-order chi connectivity index (χ1) is 15.1. The van der Waals surface area contributed by atoms with E-state index < -0.39 is 44.4 Å². The van der Waals surface area contributed by atoms with Crippen LogP contribution in [0.4, 0.5) is 5.82 Å². The first kappa shape index (κ1) is 27.0. The van der Waals surface area contributed by atoms with E-state index in [2.05, 4.69) is 19.5 Å². The highest BCUT2D eigenvalue weighted by molar-refractivity contribution is 7.47. The van der Waals surface area contributed by atoms with Gasteiger partial charge in [0.1, 0.15) is 36.2 Å². The fraction of sp³-hybridized carbons (Fsp3) is 0.625. The molecule has 0 spiro atoms. The highest BCUT2D eigenvalue weighted by Gasteiger charge is 2.52. The molecular weight excluding hydrogens is 465 g/mol. The molecule has 16 nitrogen and oxygen atoms in total. The average molecular weight is 493 g/mol. The Balaban J connectivity index is 0.000000302. The molecule has 2 aromatic rings. The van der Waals surface area contributed by atoms with Gasteiger partial charge in [-0.2, -0.15) is 0 Å². The lowest BCUT2D eigenvalue weighted by Gasteiger charge is -2.27. The molecule has 2 fully saturated rings. The van der Waals surface area contributed by atoms with E-state index in [-0.39, 0.29) is 17.9 Å². The summed E-state index contributed by atoms with van der Waals surface area (Å²) in [6, 6.07) is -0.716. The van der Waals surface area contributed by atoms with Gasteiger partial charge in [0.15, 0.2) is 17.7 Å². The van der Waals surface area contributed by atoms with Crippen molar-refractivity contribution in [2.45, 2.75) is 49.8 Å². The van der Waals surface area contributed by atoms with Gasteiger partial charge in [-0.05, 0) is 19.4 Å². The molecule has 186 valence electrons. The molecule has 33 heavy (non-hydrogen) atoms. The Bertz CT molecular complexity index is 992. The topological polar surface area (TPSA) is 276 Å². The highest BCUT2D eigenvalue weighted by Crippen LogP contribution is 2.52. The lowest BCUT2D eigenvalue weighted by atomic mass is 10.1. The number of phosphoric acid groups is 1. The number of fused-ring (bicyclic) bond motifs is 2. The predicted octanol–water partition coefficient (Wildman–Crippen LogP) is -2.11. The summed E-state index contributed by atoms with van der Waals surface area (Å²) in [5.41, 5.74) is 16.9. The third-order valence-corrected chi connectivity index (χ3v) is 5.90. The van der Waals surface area contributed by atoms with Gasteiger partial charge in [0.25, 0.3) is 0 Å². The number of aliphatic carboxylic acids is 1. The zero-order valence-corrected chi connectivity index (χ0v) is 18.3. The van der Waals surface area contributed by atoms with Crippen molar-refractivity contribution in [3.8, 4) is 0 Å². The Morgan fingerprint density at radius 1 is 1.33 bits per heavy atom. The van der Waals surface area contributed by atoms with Gasteiger partial charge in [-0.1, -0.05) is 6.42 Å². The van der Waals surface area contributed by atoms with Crippen LogP contribution in [0.1, 0.15) is 25.5 Å².